The first-order chi connectivity index (χ1) is 9.17. The van der Waals surface area contributed by atoms with Crippen molar-refractivity contribution in [3.63, 3.8) is 0 Å². The van der Waals surface area contributed by atoms with Crippen LogP contribution in [0.4, 0.5) is 5.82 Å². The van der Waals surface area contributed by atoms with Crippen LogP contribution in [0.5, 0.6) is 0 Å². The molecule has 1 N–H and O–H groups in total. The van der Waals surface area contributed by atoms with Crippen molar-refractivity contribution in [3.8, 4) is 6.07 Å². The largest absolute Gasteiger partial charge is 0.311 e. The Kier molecular flexibility index (Phi) is 4.66. The smallest absolute Gasteiger partial charge is 0.225 e. The summed E-state index contributed by atoms with van der Waals surface area (Å²) in [5.41, 5.74) is 0.474. The zero-order chi connectivity index (χ0) is 13.7. The molecule has 2 heterocycles. The van der Waals surface area contributed by atoms with Gasteiger partial charge in [-0.15, -0.1) is 11.3 Å². The summed E-state index contributed by atoms with van der Waals surface area (Å²) in [6.07, 6.45) is 2.55. The van der Waals surface area contributed by atoms with Gasteiger partial charge in [0.05, 0.1) is 5.56 Å². The third-order valence-electron chi connectivity index (χ3n) is 2.38. The number of carbonyl (C=O) groups is 1. The monoisotopic (exact) mass is 335 g/mol. The van der Waals surface area contributed by atoms with Crippen molar-refractivity contribution < 1.29 is 4.79 Å². The van der Waals surface area contributed by atoms with Crippen LogP contribution in [0.25, 0.3) is 0 Å². The van der Waals surface area contributed by atoms with Gasteiger partial charge in [-0.25, -0.2) is 4.98 Å². The van der Waals surface area contributed by atoms with Crippen molar-refractivity contribution in [2.75, 3.05) is 5.32 Å². The average molecular weight is 336 g/mol. The fraction of sp³-hybridized carbons (Fsp3) is 0.154. The maximum Gasteiger partial charge on any atom is 0.225 e. The number of hydrogen-bond donors (Lipinski definition) is 1. The Balaban J connectivity index is 1.85. The molecule has 19 heavy (non-hydrogen) atoms. The van der Waals surface area contributed by atoms with Gasteiger partial charge in [-0.1, -0.05) is 0 Å². The van der Waals surface area contributed by atoms with Gasteiger partial charge in [0.2, 0.25) is 5.91 Å². The van der Waals surface area contributed by atoms with Crippen LogP contribution in [0.3, 0.4) is 0 Å². The van der Waals surface area contributed by atoms with Crippen molar-refractivity contribution in [1.29, 1.82) is 5.26 Å². The molecule has 0 atom stereocenters. The minimum atomic E-state index is -0.0817. The van der Waals surface area contributed by atoms with E-state index >= 15 is 0 Å². The van der Waals surface area contributed by atoms with Crippen molar-refractivity contribution >= 4 is 39.0 Å². The third kappa shape index (κ3) is 4.16. The molecule has 0 saturated carbocycles. The molecule has 0 unspecified atom stereocenters. The molecular weight excluding hydrogens is 326 g/mol. The Morgan fingerprint density at radius 3 is 2.95 bits per heavy atom. The minimum Gasteiger partial charge on any atom is -0.311 e. The second kappa shape index (κ2) is 6.45. The predicted molar refractivity (Wildman–Crippen MR) is 77.9 cm³/mol. The molecule has 0 bridgehead atoms. The Labute approximate surface area is 123 Å². The van der Waals surface area contributed by atoms with E-state index in [1.165, 1.54) is 6.20 Å². The van der Waals surface area contributed by atoms with E-state index in [1.807, 2.05) is 17.5 Å². The van der Waals surface area contributed by atoms with Gasteiger partial charge in [-0.3, -0.25) is 4.79 Å². The molecule has 2 aromatic heterocycles. The molecule has 0 radical (unpaired) electrons. The Bertz CT molecular complexity index is 616. The maximum absolute atomic E-state index is 11.7. The molecule has 4 nitrogen and oxygen atoms in total. The Hall–Kier alpha value is -1.71. The zero-order valence-corrected chi connectivity index (χ0v) is 12.3. The first kappa shape index (κ1) is 13.7. The van der Waals surface area contributed by atoms with E-state index in [2.05, 4.69) is 26.2 Å². The van der Waals surface area contributed by atoms with Crippen LogP contribution in [0.2, 0.25) is 0 Å². The van der Waals surface area contributed by atoms with Crippen LogP contribution in [0, 0.1) is 11.3 Å². The van der Waals surface area contributed by atoms with E-state index in [1.54, 1.807) is 23.5 Å². The van der Waals surface area contributed by atoms with Crippen LogP contribution >= 0.6 is 27.3 Å². The van der Waals surface area contributed by atoms with Crippen molar-refractivity contribution in [2.45, 2.75) is 12.8 Å². The summed E-state index contributed by atoms with van der Waals surface area (Å²) in [6, 6.07) is 7.24. The summed E-state index contributed by atoms with van der Waals surface area (Å²) in [5.74, 6) is 0.387. The van der Waals surface area contributed by atoms with Gasteiger partial charge in [0, 0.05) is 27.3 Å². The normalized spacial score (nSPS) is 9.89. The highest BCUT2D eigenvalue weighted by Crippen LogP contribution is 2.21. The summed E-state index contributed by atoms with van der Waals surface area (Å²) >= 11 is 5.00. The first-order valence-electron chi connectivity index (χ1n) is 5.56. The van der Waals surface area contributed by atoms with E-state index in [9.17, 15) is 4.79 Å². The summed E-state index contributed by atoms with van der Waals surface area (Å²) in [4.78, 5) is 16.9. The van der Waals surface area contributed by atoms with Gasteiger partial charge < -0.3 is 5.32 Å². The fourth-order valence-corrected chi connectivity index (χ4v) is 2.92. The van der Waals surface area contributed by atoms with E-state index in [0.29, 0.717) is 24.2 Å². The lowest BCUT2D eigenvalue weighted by Crippen LogP contribution is -2.13. The second-order valence-corrected chi connectivity index (χ2v) is 5.73. The van der Waals surface area contributed by atoms with Crippen LogP contribution in [0.15, 0.2) is 34.2 Å². The van der Waals surface area contributed by atoms with Gasteiger partial charge in [0.25, 0.3) is 0 Å². The van der Waals surface area contributed by atoms with E-state index in [0.717, 1.165) is 9.35 Å². The lowest BCUT2D eigenvalue weighted by Gasteiger charge is -2.03. The molecule has 0 spiro atoms. The highest BCUT2D eigenvalue weighted by molar-refractivity contribution is 9.10. The van der Waals surface area contributed by atoms with Crippen molar-refractivity contribution in [1.82, 2.24) is 4.98 Å². The summed E-state index contributed by atoms with van der Waals surface area (Å²) in [7, 11) is 0. The molecular formula is C13H10BrN3OS. The number of carbonyl (C=O) groups excluding carboxylic acids is 1. The van der Waals surface area contributed by atoms with Crippen molar-refractivity contribution in [2.24, 2.45) is 0 Å². The number of nitrogens with one attached hydrogen (secondary N) is 1. The van der Waals surface area contributed by atoms with Gasteiger partial charge >= 0.3 is 0 Å². The summed E-state index contributed by atoms with van der Waals surface area (Å²) in [6.45, 7) is 0. The lowest BCUT2D eigenvalue weighted by molar-refractivity contribution is -0.116. The highest BCUT2D eigenvalue weighted by atomic mass is 79.9. The number of hydrogen-bond acceptors (Lipinski definition) is 4. The maximum atomic E-state index is 11.7. The molecule has 2 rings (SSSR count). The number of nitriles is 1. The molecule has 1 amide bonds. The molecule has 0 fully saturated rings. The van der Waals surface area contributed by atoms with Crippen molar-refractivity contribution in [3.05, 3.63) is 44.7 Å². The average Bonchev–Trinajstić information content (AvgIpc) is 2.83. The Morgan fingerprint density at radius 2 is 2.37 bits per heavy atom. The van der Waals surface area contributed by atoms with E-state index in [-0.39, 0.29) is 5.91 Å². The Morgan fingerprint density at radius 1 is 1.53 bits per heavy atom. The number of pyridine rings is 1. The number of amides is 1. The van der Waals surface area contributed by atoms with Gasteiger partial charge in [-0.05, 0) is 40.5 Å². The number of anilines is 1. The second-order valence-electron chi connectivity index (χ2n) is 3.82. The number of aryl methyl sites for hydroxylation is 1. The van der Waals surface area contributed by atoms with E-state index < -0.39 is 0 Å². The predicted octanol–water partition coefficient (Wildman–Crippen LogP) is 3.35. The topological polar surface area (TPSA) is 65.8 Å². The number of rotatable bonds is 4. The van der Waals surface area contributed by atoms with Gasteiger partial charge in [-0.2, -0.15) is 5.26 Å². The standard InChI is InChI=1S/C13H10BrN3OS/c14-10-5-11(19-8-10)2-4-13(18)17-12-3-1-9(6-15)7-16-12/h1,3,5,7-8H,2,4H2,(H,16,17,18). The number of thiophene rings is 1. The zero-order valence-electron chi connectivity index (χ0n) is 9.89. The summed E-state index contributed by atoms with van der Waals surface area (Å²) in [5, 5.41) is 13.3. The van der Waals surface area contributed by atoms with Crippen LogP contribution in [0.1, 0.15) is 16.9 Å². The molecule has 2 aromatic rings. The van der Waals surface area contributed by atoms with Crippen LogP contribution < -0.4 is 5.32 Å². The minimum absolute atomic E-state index is 0.0817. The molecule has 0 aromatic carbocycles. The molecule has 6 heteroatoms. The van der Waals surface area contributed by atoms with Gasteiger partial charge in [0.1, 0.15) is 11.9 Å². The summed E-state index contributed by atoms with van der Waals surface area (Å²) < 4.78 is 1.04. The SMILES string of the molecule is N#Cc1ccc(NC(=O)CCc2cc(Br)cs2)nc1. The molecule has 96 valence electrons. The number of aromatic nitrogens is 1. The third-order valence-corrected chi connectivity index (χ3v) is 4.14. The fourth-order valence-electron chi connectivity index (χ4n) is 1.46. The number of nitrogens with zero attached hydrogens (tertiary/aromatic N) is 2. The molecule has 0 aliphatic heterocycles. The van der Waals surface area contributed by atoms with Gasteiger partial charge in [0.15, 0.2) is 0 Å². The highest BCUT2D eigenvalue weighted by Gasteiger charge is 2.05. The lowest BCUT2D eigenvalue weighted by atomic mass is 10.2. The first-order valence-corrected chi connectivity index (χ1v) is 7.23. The van der Waals surface area contributed by atoms with E-state index in [4.69, 9.17) is 5.26 Å². The molecule has 0 aliphatic rings. The van der Waals surface area contributed by atoms with Crippen LogP contribution in [-0.2, 0) is 11.2 Å². The molecule has 0 aliphatic carbocycles. The quantitative estimate of drug-likeness (QED) is 0.931. The number of halogens is 1. The van der Waals surface area contributed by atoms with Crippen LogP contribution in [-0.4, -0.2) is 10.9 Å². The molecule has 0 saturated heterocycles.